The summed E-state index contributed by atoms with van der Waals surface area (Å²) in [6.07, 6.45) is 0. The zero-order chi connectivity index (χ0) is 65.1. The summed E-state index contributed by atoms with van der Waals surface area (Å²) in [6.45, 7) is 12.9. The maximum atomic E-state index is 9.48. The first-order valence-electron chi connectivity index (χ1n) is 33.5. The van der Waals surface area contributed by atoms with Gasteiger partial charge < -0.3 is 9.80 Å². The highest BCUT2D eigenvalue weighted by Gasteiger charge is 2.46. The van der Waals surface area contributed by atoms with Gasteiger partial charge in [-0.25, -0.2) is 0 Å². The number of anilines is 6. The van der Waals surface area contributed by atoms with Crippen LogP contribution < -0.4 is 26.2 Å². The summed E-state index contributed by atoms with van der Waals surface area (Å²) in [4.78, 5) is 4.75. The minimum atomic E-state index is -0.654. The molecule has 398 valence electrons. The molecular weight excluding hydrogens is 1000 g/mol. The Morgan fingerprint density at radius 3 is 1.17 bits per heavy atom. The molecule has 14 rings (SSSR count). The third-order valence-corrected chi connectivity index (χ3v) is 16.5. The molecule has 0 spiro atoms. The minimum absolute atomic E-state index is 0.0574. The molecular formula is C80H65BN2. The standard InChI is InChI=1S/C80H65BN2/c1-79(2,3)63-45-46-64(69(53-63)80(4,5)6)62-51-74-76-75(52-62)83(78-67(58-35-21-11-22-36-58)41-26-42-68(78)59-37-23-12-24-38-59)73-50-61(55-29-15-8-16-30-55)43-47-70(73)81(76)71-49-60(54-27-13-7-14-28-54)44-48-72(71)82(74)77-65(56-31-17-9-18-32-56)39-25-40-66(77)57-33-19-10-20-34-57/h7-53H,1-6H3/i7D,8D,13D,14D,15D,16D,27D,28D,29D,30D. The Hall–Kier alpha value is -9.70. The molecule has 0 fully saturated rings. The fourth-order valence-electron chi connectivity index (χ4n) is 12.6. The van der Waals surface area contributed by atoms with Crippen molar-refractivity contribution in [2.24, 2.45) is 0 Å². The Bertz CT molecular complexity index is 4830. The van der Waals surface area contributed by atoms with E-state index in [4.69, 9.17) is 8.22 Å². The molecule has 0 N–H and O–H groups in total. The number of para-hydroxylation sites is 2. The van der Waals surface area contributed by atoms with E-state index in [9.17, 15) is 5.48 Å². The summed E-state index contributed by atoms with van der Waals surface area (Å²) >= 11 is 0. The van der Waals surface area contributed by atoms with Crippen molar-refractivity contribution in [1.29, 1.82) is 0 Å². The highest BCUT2D eigenvalue weighted by Crippen LogP contribution is 2.54. The zero-order valence-electron chi connectivity index (χ0n) is 57.3. The number of fused-ring (bicyclic) bond motifs is 4. The van der Waals surface area contributed by atoms with E-state index in [0.717, 1.165) is 106 Å². The molecule has 2 heterocycles. The first kappa shape index (κ1) is 41.3. The van der Waals surface area contributed by atoms with Gasteiger partial charge in [0, 0.05) is 45.0 Å². The van der Waals surface area contributed by atoms with Gasteiger partial charge in [-0.15, -0.1) is 0 Å². The van der Waals surface area contributed by atoms with Gasteiger partial charge in [-0.1, -0.05) is 302 Å². The lowest BCUT2D eigenvalue weighted by Crippen LogP contribution is -2.61. The average molecular weight is 1080 g/mol. The summed E-state index contributed by atoms with van der Waals surface area (Å²) in [5.74, 6) is 0. The second-order valence-corrected chi connectivity index (χ2v) is 23.7. The second-order valence-electron chi connectivity index (χ2n) is 23.7. The highest BCUT2D eigenvalue weighted by atomic mass is 15.2. The van der Waals surface area contributed by atoms with Crippen LogP contribution in [-0.4, -0.2) is 6.71 Å². The Balaban J connectivity index is 1.22. The smallest absolute Gasteiger partial charge is 0.252 e. The molecule has 0 amide bonds. The zero-order valence-corrected chi connectivity index (χ0v) is 47.3. The first-order valence-corrected chi connectivity index (χ1v) is 28.5. The lowest BCUT2D eigenvalue weighted by atomic mass is 9.33. The van der Waals surface area contributed by atoms with Crippen LogP contribution >= 0.6 is 0 Å². The maximum Gasteiger partial charge on any atom is 0.252 e. The molecule has 3 heteroatoms. The van der Waals surface area contributed by atoms with Crippen molar-refractivity contribution in [1.82, 2.24) is 0 Å². The monoisotopic (exact) mass is 1070 g/mol. The van der Waals surface area contributed by atoms with Crippen molar-refractivity contribution in [2.75, 3.05) is 9.80 Å². The van der Waals surface area contributed by atoms with Crippen LogP contribution in [0.4, 0.5) is 34.1 Å². The molecule has 12 aromatic rings. The van der Waals surface area contributed by atoms with E-state index in [1.165, 1.54) is 5.56 Å². The molecule has 0 saturated heterocycles. The van der Waals surface area contributed by atoms with E-state index >= 15 is 0 Å². The highest BCUT2D eigenvalue weighted by molar-refractivity contribution is 7.00. The predicted octanol–water partition coefficient (Wildman–Crippen LogP) is 20.0. The fourth-order valence-corrected chi connectivity index (χ4v) is 12.6. The summed E-state index contributed by atoms with van der Waals surface area (Å²) in [5, 5.41) is 0. The van der Waals surface area contributed by atoms with Gasteiger partial charge in [0.05, 0.1) is 25.1 Å². The topological polar surface area (TPSA) is 6.48 Å². The molecule has 0 atom stereocenters. The summed E-state index contributed by atoms with van der Waals surface area (Å²) in [5.41, 5.74) is 19.8. The molecule has 0 bridgehead atoms. The van der Waals surface area contributed by atoms with Crippen LogP contribution in [0.15, 0.2) is 285 Å². The van der Waals surface area contributed by atoms with Gasteiger partial charge in [-0.3, -0.25) is 0 Å². The third-order valence-electron chi connectivity index (χ3n) is 16.5. The lowest BCUT2D eigenvalue weighted by Gasteiger charge is -2.46. The van der Waals surface area contributed by atoms with Crippen LogP contribution in [0.1, 0.15) is 66.4 Å². The van der Waals surface area contributed by atoms with Crippen LogP contribution in [0.3, 0.4) is 0 Å². The number of hydrogen-bond acceptors (Lipinski definition) is 2. The van der Waals surface area contributed by atoms with Crippen molar-refractivity contribution in [3.8, 4) is 77.9 Å². The average Bonchev–Trinajstić information content (AvgIpc) is 0.691. The van der Waals surface area contributed by atoms with Gasteiger partial charge in [0.1, 0.15) is 0 Å². The molecule has 2 nitrogen and oxygen atoms in total. The number of hydrogen-bond donors (Lipinski definition) is 0. The normalized spacial score (nSPS) is 14.3. The SMILES string of the molecule is [2H]c1c([2H])c([2H])c(-c2ccc3c(c2)B2c4ccc(-c5c([2H])c([2H])c([2H])c([2H])c5[2H])cc4N(c4c(-c5ccccc5)cccc4-c4ccccc4)c4cc(-c5ccc(C(C)(C)C)cc5C(C)(C)C)cc(c42)N3c2c(-c3ccccc3)cccc2-c2ccccc2)c([2H])c1[2H]. The van der Waals surface area contributed by atoms with Crippen LogP contribution in [0.2, 0.25) is 0 Å². The molecule has 0 unspecified atom stereocenters. The largest absolute Gasteiger partial charge is 0.310 e. The van der Waals surface area contributed by atoms with E-state index in [0.29, 0.717) is 16.8 Å². The molecule has 2 aliphatic heterocycles. The summed E-state index contributed by atoms with van der Waals surface area (Å²) in [7, 11) is 0. The van der Waals surface area contributed by atoms with Crippen molar-refractivity contribution in [2.45, 2.75) is 52.4 Å². The van der Waals surface area contributed by atoms with Crippen molar-refractivity contribution in [3.05, 3.63) is 296 Å². The van der Waals surface area contributed by atoms with Crippen LogP contribution in [0.5, 0.6) is 0 Å². The molecule has 0 aromatic heterocycles. The van der Waals surface area contributed by atoms with Crippen LogP contribution in [-0.2, 0) is 10.8 Å². The fraction of sp³-hybridized carbons (Fsp3) is 0.100. The molecule has 0 aliphatic carbocycles. The number of rotatable bonds is 9. The Morgan fingerprint density at radius 2 is 0.723 bits per heavy atom. The van der Waals surface area contributed by atoms with E-state index < -0.39 is 43.0 Å². The van der Waals surface area contributed by atoms with E-state index in [1.807, 2.05) is 84.9 Å². The summed E-state index contributed by atoms with van der Waals surface area (Å²) < 4.78 is 91.1. The minimum Gasteiger partial charge on any atom is -0.310 e. The molecule has 83 heavy (non-hydrogen) atoms. The van der Waals surface area contributed by atoms with Gasteiger partial charge in [0.2, 0.25) is 0 Å². The quantitative estimate of drug-likeness (QED) is 0.133. The number of nitrogens with zero attached hydrogens (tertiary/aromatic N) is 2. The molecule has 12 aromatic carbocycles. The van der Waals surface area contributed by atoms with Gasteiger partial charge >= 0.3 is 0 Å². The van der Waals surface area contributed by atoms with E-state index in [-0.39, 0.29) is 46.1 Å². The van der Waals surface area contributed by atoms with Crippen LogP contribution in [0, 0.1) is 0 Å². The predicted molar refractivity (Wildman–Crippen MR) is 356 cm³/mol. The second kappa shape index (κ2) is 20.7. The lowest BCUT2D eigenvalue weighted by molar-refractivity contribution is 0.570. The van der Waals surface area contributed by atoms with Gasteiger partial charge in [-0.2, -0.15) is 0 Å². The molecule has 0 saturated carbocycles. The third kappa shape index (κ3) is 9.18. The van der Waals surface area contributed by atoms with E-state index in [2.05, 4.69) is 191 Å². The van der Waals surface area contributed by atoms with Crippen molar-refractivity contribution >= 4 is 57.2 Å². The van der Waals surface area contributed by atoms with Gasteiger partial charge in [0.15, 0.2) is 0 Å². The molecule has 2 aliphatic rings. The molecule has 0 radical (unpaired) electrons. The Morgan fingerprint density at radius 1 is 0.301 bits per heavy atom. The van der Waals surface area contributed by atoms with E-state index in [1.54, 1.807) is 0 Å². The van der Waals surface area contributed by atoms with Crippen LogP contribution in [0.25, 0.3) is 77.9 Å². The first-order chi connectivity index (χ1) is 44.6. The van der Waals surface area contributed by atoms with Gasteiger partial charge in [-0.05, 0) is 118 Å². The van der Waals surface area contributed by atoms with Crippen molar-refractivity contribution in [3.63, 3.8) is 0 Å². The van der Waals surface area contributed by atoms with Crippen molar-refractivity contribution < 1.29 is 13.7 Å². The Labute approximate surface area is 504 Å². The number of benzene rings is 12. The summed E-state index contributed by atoms with van der Waals surface area (Å²) in [6, 6.07) is 73.6. The maximum absolute atomic E-state index is 9.48. The Kier molecular flexibility index (Phi) is 10.3. The van der Waals surface area contributed by atoms with Gasteiger partial charge in [0.25, 0.3) is 6.71 Å².